The van der Waals surface area contributed by atoms with Gasteiger partial charge in [-0.3, -0.25) is 4.79 Å². The quantitative estimate of drug-likeness (QED) is 0.257. The van der Waals surface area contributed by atoms with Gasteiger partial charge in [0.05, 0.1) is 0 Å². The molecule has 3 fully saturated rings. The van der Waals surface area contributed by atoms with Crippen molar-refractivity contribution in [3.63, 3.8) is 0 Å². The third kappa shape index (κ3) is 7.11. The maximum absolute atomic E-state index is 10.6. The largest absolute Gasteiger partial charge is 0.481 e. The molecular weight excluding hydrogens is 364 g/mol. The fourth-order valence-corrected chi connectivity index (χ4v) is 7.50. The second-order valence-electron chi connectivity index (χ2n) is 9.76. The van der Waals surface area contributed by atoms with Crippen molar-refractivity contribution in [1.29, 1.82) is 0 Å². The van der Waals surface area contributed by atoms with Crippen molar-refractivity contribution in [3.8, 4) is 0 Å². The zero-order chi connectivity index (χ0) is 19.6. The van der Waals surface area contributed by atoms with Gasteiger partial charge in [0.25, 0.3) is 0 Å². The number of carbonyl (C=O) groups is 1. The fraction of sp³-hybridized carbons (Fsp3) is 0.880. The molecule has 0 radical (unpaired) electrons. The first-order valence-electron chi connectivity index (χ1n) is 12.2. The molecule has 3 aliphatic carbocycles. The van der Waals surface area contributed by atoms with Gasteiger partial charge in [-0.15, -0.1) is 0 Å². The molecule has 0 aromatic rings. The van der Waals surface area contributed by atoms with Gasteiger partial charge >= 0.3 is 5.97 Å². The molecule has 160 valence electrons. The summed E-state index contributed by atoms with van der Waals surface area (Å²) in [6.07, 6.45) is 24.3. The number of rotatable bonds is 13. The van der Waals surface area contributed by atoms with Crippen LogP contribution in [0.25, 0.3) is 0 Å². The highest BCUT2D eigenvalue weighted by Crippen LogP contribution is 2.54. The molecule has 2 nitrogen and oxygen atoms in total. The van der Waals surface area contributed by atoms with Crippen LogP contribution in [0.1, 0.15) is 96.3 Å². The molecule has 3 saturated carbocycles. The Kier molecular flexibility index (Phi) is 9.77. The summed E-state index contributed by atoms with van der Waals surface area (Å²) < 4.78 is 0. The van der Waals surface area contributed by atoms with Gasteiger partial charge in [-0.2, -0.15) is 11.8 Å². The van der Waals surface area contributed by atoms with Gasteiger partial charge in [-0.05, 0) is 73.9 Å². The maximum Gasteiger partial charge on any atom is 0.303 e. The summed E-state index contributed by atoms with van der Waals surface area (Å²) in [5.41, 5.74) is 0. The van der Waals surface area contributed by atoms with Crippen LogP contribution in [0, 0.1) is 29.6 Å². The van der Waals surface area contributed by atoms with E-state index in [0.717, 1.165) is 42.4 Å². The highest BCUT2D eigenvalue weighted by atomic mass is 32.2. The minimum absolute atomic E-state index is 0.349. The van der Waals surface area contributed by atoms with Crippen molar-refractivity contribution in [1.82, 2.24) is 0 Å². The molecule has 4 atom stereocenters. The summed E-state index contributed by atoms with van der Waals surface area (Å²) in [5, 5.41) is 8.74. The average Bonchev–Trinajstić information content (AvgIpc) is 3.30. The van der Waals surface area contributed by atoms with Crippen LogP contribution in [0.5, 0.6) is 0 Å². The van der Waals surface area contributed by atoms with E-state index in [1.165, 1.54) is 88.6 Å². The molecule has 0 heterocycles. The first kappa shape index (κ1) is 22.2. The lowest BCUT2D eigenvalue weighted by molar-refractivity contribution is -0.137. The van der Waals surface area contributed by atoms with Gasteiger partial charge in [-0.1, -0.05) is 63.5 Å². The van der Waals surface area contributed by atoms with E-state index >= 15 is 0 Å². The molecular formula is C25H42O2S. The molecule has 28 heavy (non-hydrogen) atoms. The minimum atomic E-state index is -0.641. The fourth-order valence-electron chi connectivity index (χ4n) is 6.30. The molecule has 0 aromatic carbocycles. The molecule has 0 aromatic heterocycles. The van der Waals surface area contributed by atoms with Crippen LogP contribution in [0.4, 0.5) is 0 Å². The molecule has 0 aliphatic heterocycles. The standard InChI is InChI=1S/C25H42O2S/c26-25(27)14-7-2-1-6-13-23-21-15-16-22(18-21)24(23)19-28-17-9-8-12-20-10-4-3-5-11-20/h8-9,20-24H,1-7,10-19H2,(H,26,27). The lowest BCUT2D eigenvalue weighted by atomic mass is 9.77. The van der Waals surface area contributed by atoms with E-state index < -0.39 is 5.97 Å². The molecule has 0 saturated heterocycles. The van der Waals surface area contributed by atoms with Crippen LogP contribution in [-0.2, 0) is 4.79 Å². The first-order valence-corrected chi connectivity index (χ1v) is 13.3. The summed E-state index contributed by atoms with van der Waals surface area (Å²) in [5.74, 6) is 6.88. The van der Waals surface area contributed by atoms with Gasteiger partial charge < -0.3 is 5.11 Å². The third-order valence-electron chi connectivity index (χ3n) is 7.84. The van der Waals surface area contributed by atoms with Crippen LogP contribution in [-0.4, -0.2) is 22.6 Å². The Labute approximate surface area is 177 Å². The Morgan fingerprint density at radius 1 is 0.893 bits per heavy atom. The number of hydrogen-bond acceptors (Lipinski definition) is 2. The van der Waals surface area contributed by atoms with Crippen LogP contribution < -0.4 is 0 Å². The van der Waals surface area contributed by atoms with Crippen LogP contribution in [0.15, 0.2) is 12.2 Å². The van der Waals surface area contributed by atoms with Gasteiger partial charge in [0.2, 0.25) is 0 Å². The molecule has 3 heteroatoms. The van der Waals surface area contributed by atoms with E-state index in [0.29, 0.717) is 6.42 Å². The van der Waals surface area contributed by atoms with E-state index in [-0.39, 0.29) is 0 Å². The summed E-state index contributed by atoms with van der Waals surface area (Å²) in [6, 6.07) is 0. The summed E-state index contributed by atoms with van der Waals surface area (Å²) >= 11 is 2.18. The molecule has 0 spiro atoms. The first-order chi connectivity index (χ1) is 13.7. The smallest absolute Gasteiger partial charge is 0.303 e. The van der Waals surface area contributed by atoms with Crippen molar-refractivity contribution in [2.75, 3.05) is 11.5 Å². The maximum atomic E-state index is 10.6. The lowest BCUT2D eigenvalue weighted by Crippen LogP contribution is -2.24. The number of fused-ring (bicyclic) bond motifs is 2. The van der Waals surface area contributed by atoms with Crippen molar-refractivity contribution in [2.45, 2.75) is 96.3 Å². The number of allylic oxidation sites excluding steroid dienone is 1. The topological polar surface area (TPSA) is 37.3 Å². The highest BCUT2D eigenvalue weighted by molar-refractivity contribution is 7.99. The van der Waals surface area contributed by atoms with Gasteiger partial charge in [0.15, 0.2) is 0 Å². The van der Waals surface area contributed by atoms with Crippen molar-refractivity contribution in [3.05, 3.63) is 12.2 Å². The van der Waals surface area contributed by atoms with E-state index in [9.17, 15) is 4.79 Å². The monoisotopic (exact) mass is 406 g/mol. The lowest BCUT2D eigenvalue weighted by Gasteiger charge is -2.31. The molecule has 0 amide bonds. The second kappa shape index (κ2) is 12.3. The second-order valence-corrected chi connectivity index (χ2v) is 10.8. The molecule has 4 unspecified atom stereocenters. The Bertz CT molecular complexity index is 483. The summed E-state index contributed by atoms with van der Waals surface area (Å²) in [6.45, 7) is 0. The van der Waals surface area contributed by atoms with E-state index in [2.05, 4.69) is 23.9 Å². The van der Waals surface area contributed by atoms with Crippen molar-refractivity contribution in [2.24, 2.45) is 29.6 Å². The van der Waals surface area contributed by atoms with E-state index in [4.69, 9.17) is 5.11 Å². The molecule has 2 bridgehead atoms. The third-order valence-corrected chi connectivity index (χ3v) is 8.89. The van der Waals surface area contributed by atoms with E-state index in [1.807, 2.05) is 0 Å². The number of carboxylic acids is 1. The Hall–Kier alpha value is -0.440. The van der Waals surface area contributed by atoms with Gasteiger partial charge in [0, 0.05) is 12.2 Å². The zero-order valence-electron chi connectivity index (χ0n) is 17.8. The summed E-state index contributed by atoms with van der Waals surface area (Å²) in [4.78, 5) is 10.6. The Morgan fingerprint density at radius 2 is 1.64 bits per heavy atom. The van der Waals surface area contributed by atoms with Crippen LogP contribution in [0.3, 0.4) is 0 Å². The van der Waals surface area contributed by atoms with Gasteiger partial charge in [-0.25, -0.2) is 0 Å². The summed E-state index contributed by atoms with van der Waals surface area (Å²) in [7, 11) is 0. The van der Waals surface area contributed by atoms with E-state index in [1.54, 1.807) is 0 Å². The number of thioether (sulfide) groups is 1. The number of aliphatic carboxylic acids is 1. The zero-order valence-corrected chi connectivity index (χ0v) is 18.6. The number of unbranched alkanes of at least 4 members (excludes halogenated alkanes) is 3. The van der Waals surface area contributed by atoms with Crippen LogP contribution >= 0.6 is 11.8 Å². The average molecular weight is 407 g/mol. The predicted molar refractivity (Wildman–Crippen MR) is 121 cm³/mol. The molecule has 3 aliphatic rings. The molecule has 1 N–H and O–H groups in total. The SMILES string of the molecule is O=C(O)CCCCCCC1C2CCC(C2)C1CSCC=CCC1CCCCC1. The van der Waals surface area contributed by atoms with Crippen molar-refractivity contribution >= 4 is 17.7 Å². The number of carboxylic acid groups (broad SMARTS) is 1. The Balaban J connectivity index is 1.29. The molecule has 3 rings (SSSR count). The predicted octanol–water partition coefficient (Wildman–Crippen LogP) is 7.33. The highest BCUT2D eigenvalue weighted by Gasteiger charge is 2.46. The van der Waals surface area contributed by atoms with Gasteiger partial charge in [0.1, 0.15) is 0 Å². The number of hydrogen-bond donors (Lipinski definition) is 1. The van der Waals surface area contributed by atoms with Crippen molar-refractivity contribution < 1.29 is 9.90 Å². The van der Waals surface area contributed by atoms with Crippen LogP contribution in [0.2, 0.25) is 0 Å². The normalized spacial score (nSPS) is 30.4. The minimum Gasteiger partial charge on any atom is -0.481 e. The Morgan fingerprint density at radius 3 is 2.43 bits per heavy atom.